The lowest BCUT2D eigenvalue weighted by Gasteiger charge is -2.13. The van der Waals surface area contributed by atoms with Crippen molar-refractivity contribution in [2.75, 3.05) is 0 Å². The quantitative estimate of drug-likeness (QED) is 0.871. The molecule has 0 aliphatic carbocycles. The van der Waals surface area contributed by atoms with Crippen molar-refractivity contribution >= 4 is 27.5 Å². The molecule has 0 fully saturated rings. The van der Waals surface area contributed by atoms with Crippen molar-refractivity contribution in [2.45, 2.75) is 25.8 Å². The van der Waals surface area contributed by atoms with E-state index in [4.69, 9.17) is 17.3 Å². The molecule has 0 bridgehead atoms. The Bertz CT molecular complexity index is 568. The highest BCUT2D eigenvalue weighted by Crippen LogP contribution is 2.20. The lowest BCUT2D eigenvalue weighted by atomic mass is 9.99. The van der Waals surface area contributed by atoms with Crippen LogP contribution in [-0.2, 0) is 12.8 Å². The molecule has 2 N–H and O–H groups in total. The van der Waals surface area contributed by atoms with Crippen LogP contribution >= 0.6 is 27.5 Å². The summed E-state index contributed by atoms with van der Waals surface area (Å²) in [5.41, 5.74) is 9.76. The third kappa shape index (κ3) is 4.34. The van der Waals surface area contributed by atoms with Gasteiger partial charge in [0.25, 0.3) is 0 Å². The summed E-state index contributed by atoms with van der Waals surface area (Å²) >= 11 is 9.72. The minimum Gasteiger partial charge on any atom is -0.327 e. The van der Waals surface area contributed by atoms with Crippen LogP contribution in [0.1, 0.15) is 16.7 Å². The first-order valence-electron chi connectivity index (χ1n) is 6.29. The molecule has 1 nitrogen and oxygen atoms in total. The molecule has 0 aliphatic rings. The van der Waals surface area contributed by atoms with E-state index in [2.05, 4.69) is 40.2 Å². The van der Waals surface area contributed by atoms with Gasteiger partial charge in [-0.3, -0.25) is 0 Å². The van der Waals surface area contributed by atoms with Crippen LogP contribution in [0.25, 0.3) is 0 Å². The van der Waals surface area contributed by atoms with Crippen LogP contribution in [-0.4, -0.2) is 6.04 Å². The average Bonchev–Trinajstić information content (AvgIpc) is 2.33. The molecule has 0 saturated heterocycles. The van der Waals surface area contributed by atoms with Crippen LogP contribution in [0.2, 0.25) is 5.02 Å². The fourth-order valence-electron chi connectivity index (χ4n) is 2.14. The summed E-state index contributed by atoms with van der Waals surface area (Å²) < 4.78 is 1.09. The molecule has 0 amide bonds. The van der Waals surface area contributed by atoms with Crippen LogP contribution in [0.5, 0.6) is 0 Å². The summed E-state index contributed by atoms with van der Waals surface area (Å²) in [5, 5.41) is 0.810. The van der Waals surface area contributed by atoms with E-state index in [1.54, 1.807) is 0 Å². The second-order valence-corrected chi connectivity index (χ2v) is 6.22. The van der Waals surface area contributed by atoms with Crippen molar-refractivity contribution in [1.29, 1.82) is 0 Å². The Hall–Kier alpha value is -0.830. The Morgan fingerprint density at radius 2 is 1.95 bits per heavy atom. The van der Waals surface area contributed by atoms with Gasteiger partial charge in [0.15, 0.2) is 0 Å². The fraction of sp³-hybridized carbons (Fsp3) is 0.250. The normalized spacial score (nSPS) is 12.4. The zero-order valence-electron chi connectivity index (χ0n) is 10.9. The van der Waals surface area contributed by atoms with Gasteiger partial charge in [0.05, 0.1) is 0 Å². The molecule has 0 radical (unpaired) electrons. The van der Waals surface area contributed by atoms with Crippen LogP contribution in [0.15, 0.2) is 46.9 Å². The average molecular weight is 339 g/mol. The predicted octanol–water partition coefficient (Wildman–Crippen LogP) is 4.52. The fourth-order valence-corrected chi connectivity index (χ4v) is 2.90. The summed E-state index contributed by atoms with van der Waals surface area (Å²) in [4.78, 5) is 0. The van der Waals surface area contributed by atoms with E-state index in [1.165, 1.54) is 11.1 Å². The molecule has 19 heavy (non-hydrogen) atoms. The lowest BCUT2D eigenvalue weighted by molar-refractivity contribution is 0.664. The molecular formula is C16H17BrClN. The number of hydrogen-bond donors (Lipinski definition) is 1. The Morgan fingerprint density at radius 3 is 2.63 bits per heavy atom. The molecule has 0 aliphatic heterocycles. The summed E-state index contributed by atoms with van der Waals surface area (Å²) in [5.74, 6) is 0. The number of nitrogens with two attached hydrogens (primary N) is 1. The van der Waals surface area contributed by atoms with Crippen molar-refractivity contribution in [1.82, 2.24) is 0 Å². The van der Waals surface area contributed by atoms with E-state index < -0.39 is 0 Å². The molecule has 0 heterocycles. The lowest BCUT2D eigenvalue weighted by Crippen LogP contribution is -2.25. The maximum Gasteiger partial charge on any atom is 0.0441 e. The molecular weight excluding hydrogens is 322 g/mol. The number of benzene rings is 2. The van der Waals surface area contributed by atoms with Crippen LogP contribution in [0.3, 0.4) is 0 Å². The summed E-state index contributed by atoms with van der Waals surface area (Å²) in [6, 6.07) is 14.5. The molecule has 2 aromatic rings. The zero-order valence-corrected chi connectivity index (χ0v) is 13.2. The zero-order chi connectivity index (χ0) is 13.8. The standard InChI is InChI=1S/C16H17BrClN/c1-11-5-6-13(16(18)7-11)10-15(19)9-12-3-2-4-14(17)8-12/h2-8,15H,9-10,19H2,1H3. The number of aryl methyl sites for hydroxylation is 1. The van der Waals surface area contributed by atoms with Crippen molar-refractivity contribution < 1.29 is 0 Å². The minimum atomic E-state index is 0.0782. The summed E-state index contributed by atoms with van der Waals surface area (Å²) in [6.07, 6.45) is 1.65. The van der Waals surface area contributed by atoms with Gasteiger partial charge in [0.2, 0.25) is 0 Å². The minimum absolute atomic E-state index is 0.0782. The maximum absolute atomic E-state index is 6.24. The second-order valence-electron chi connectivity index (χ2n) is 4.89. The van der Waals surface area contributed by atoms with Crippen molar-refractivity contribution in [3.8, 4) is 0 Å². The number of hydrogen-bond acceptors (Lipinski definition) is 1. The van der Waals surface area contributed by atoms with Gasteiger partial charge in [-0.05, 0) is 54.7 Å². The molecule has 0 spiro atoms. The molecule has 100 valence electrons. The van der Waals surface area contributed by atoms with Gasteiger partial charge in [-0.2, -0.15) is 0 Å². The van der Waals surface area contributed by atoms with Gasteiger partial charge >= 0.3 is 0 Å². The van der Waals surface area contributed by atoms with E-state index in [0.717, 1.165) is 27.9 Å². The third-order valence-electron chi connectivity index (χ3n) is 3.08. The van der Waals surface area contributed by atoms with Gasteiger partial charge in [0.1, 0.15) is 0 Å². The Labute approximate surface area is 127 Å². The second kappa shape index (κ2) is 6.56. The van der Waals surface area contributed by atoms with E-state index in [-0.39, 0.29) is 6.04 Å². The van der Waals surface area contributed by atoms with Crippen molar-refractivity contribution in [3.63, 3.8) is 0 Å². The first-order valence-corrected chi connectivity index (χ1v) is 7.47. The third-order valence-corrected chi connectivity index (χ3v) is 3.92. The van der Waals surface area contributed by atoms with Gasteiger partial charge in [-0.1, -0.05) is 51.8 Å². The highest BCUT2D eigenvalue weighted by molar-refractivity contribution is 9.10. The van der Waals surface area contributed by atoms with E-state index in [0.29, 0.717) is 0 Å². The van der Waals surface area contributed by atoms with E-state index in [1.807, 2.05) is 25.1 Å². The van der Waals surface area contributed by atoms with Crippen LogP contribution in [0, 0.1) is 6.92 Å². The topological polar surface area (TPSA) is 26.0 Å². The molecule has 3 heteroatoms. The number of rotatable bonds is 4. The largest absolute Gasteiger partial charge is 0.327 e. The molecule has 1 atom stereocenters. The SMILES string of the molecule is Cc1ccc(CC(N)Cc2cccc(Br)c2)c(Cl)c1. The van der Waals surface area contributed by atoms with Gasteiger partial charge in [-0.15, -0.1) is 0 Å². The van der Waals surface area contributed by atoms with Gasteiger partial charge in [0, 0.05) is 15.5 Å². The number of halogens is 2. The smallest absolute Gasteiger partial charge is 0.0441 e. The highest BCUT2D eigenvalue weighted by Gasteiger charge is 2.08. The van der Waals surface area contributed by atoms with Crippen LogP contribution < -0.4 is 5.73 Å². The Morgan fingerprint density at radius 1 is 1.16 bits per heavy atom. The molecule has 0 saturated carbocycles. The van der Waals surface area contributed by atoms with Crippen LogP contribution in [0.4, 0.5) is 0 Å². The Kier molecular flexibility index (Phi) is 5.03. The molecule has 2 aromatic carbocycles. The van der Waals surface area contributed by atoms with E-state index in [9.17, 15) is 0 Å². The van der Waals surface area contributed by atoms with Gasteiger partial charge in [-0.25, -0.2) is 0 Å². The first-order chi connectivity index (χ1) is 9.04. The highest BCUT2D eigenvalue weighted by atomic mass is 79.9. The molecule has 0 aromatic heterocycles. The Balaban J connectivity index is 2.03. The molecule has 2 rings (SSSR count). The maximum atomic E-state index is 6.24. The summed E-state index contributed by atoms with van der Waals surface area (Å²) in [6.45, 7) is 2.04. The monoisotopic (exact) mass is 337 g/mol. The molecule has 1 unspecified atom stereocenters. The van der Waals surface area contributed by atoms with Crippen molar-refractivity contribution in [3.05, 3.63) is 68.7 Å². The van der Waals surface area contributed by atoms with Gasteiger partial charge < -0.3 is 5.73 Å². The van der Waals surface area contributed by atoms with E-state index >= 15 is 0 Å². The van der Waals surface area contributed by atoms with Crippen molar-refractivity contribution in [2.24, 2.45) is 5.73 Å². The predicted molar refractivity (Wildman–Crippen MR) is 85.7 cm³/mol. The summed E-state index contributed by atoms with van der Waals surface area (Å²) in [7, 11) is 0. The first kappa shape index (κ1) is 14.6.